The van der Waals surface area contributed by atoms with Gasteiger partial charge < -0.3 is 9.53 Å². The van der Waals surface area contributed by atoms with Gasteiger partial charge in [0.15, 0.2) is 8.32 Å². The maximum absolute atomic E-state index is 10.0. The van der Waals surface area contributed by atoms with Crippen LogP contribution < -0.4 is 0 Å². The van der Waals surface area contributed by atoms with E-state index in [2.05, 4.69) is 33.9 Å². The summed E-state index contributed by atoms with van der Waals surface area (Å²) in [5.41, 5.74) is 0.162. The van der Waals surface area contributed by atoms with Crippen molar-refractivity contribution >= 4 is 8.32 Å². The first-order valence-corrected chi connectivity index (χ1v) is 9.42. The molecule has 0 bridgehead atoms. The van der Waals surface area contributed by atoms with Crippen molar-refractivity contribution in [3.63, 3.8) is 0 Å². The van der Waals surface area contributed by atoms with Gasteiger partial charge in [0.25, 0.3) is 0 Å². The lowest BCUT2D eigenvalue weighted by Crippen LogP contribution is -2.43. The van der Waals surface area contributed by atoms with Crippen LogP contribution in [0.5, 0.6) is 0 Å². The normalized spacial score (nSPS) is 38.6. The second kappa shape index (κ2) is 3.56. The lowest BCUT2D eigenvalue weighted by molar-refractivity contribution is 0.0646. The van der Waals surface area contributed by atoms with E-state index < -0.39 is 8.32 Å². The number of rotatable bonds is 3. The largest absolute Gasteiger partial charge is 0.416 e. The van der Waals surface area contributed by atoms with E-state index in [0.717, 1.165) is 18.9 Å². The van der Waals surface area contributed by atoms with Crippen LogP contribution in [-0.4, -0.2) is 26.1 Å². The number of aliphatic hydroxyl groups is 1. The molecule has 0 aliphatic heterocycles. The molecule has 2 fully saturated rings. The third kappa shape index (κ3) is 1.87. The standard InChI is InChI=1S/C13H26O2Si/c1-12(2,3)16(4,5)15-9-13-8-10(13)6-7-11(13)14/h10-11,14H,6-9H2,1-5H3/t10-,11-,13-/m0/s1. The Bertz CT molecular complexity index is 280. The second-order valence-corrected chi connectivity index (χ2v) is 12.1. The van der Waals surface area contributed by atoms with Crippen LogP contribution in [0.2, 0.25) is 18.1 Å². The molecule has 0 amide bonds. The van der Waals surface area contributed by atoms with Crippen molar-refractivity contribution in [2.24, 2.45) is 11.3 Å². The zero-order valence-corrected chi connectivity index (χ0v) is 12.3. The molecule has 94 valence electrons. The van der Waals surface area contributed by atoms with Crippen molar-refractivity contribution in [3.8, 4) is 0 Å². The number of fused-ring (bicyclic) bond motifs is 1. The highest BCUT2D eigenvalue weighted by Crippen LogP contribution is 2.63. The minimum absolute atomic E-state index is 0.0951. The number of hydrogen-bond acceptors (Lipinski definition) is 2. The molecule has 3 atom stereocenters. The molecule has 2 nitrogen and oxygen atoms in total. The summed E-state index contributed by atoms with van der Waals surface area (Å²) < 4.78 is 6.27. The molecule has 0 unspecified atom stereocenters. The summed E-state index contributed by atoms with van der Waals surface area (Å²) in [5.74, 6) is 0.757. The lowest BCUT2D eigenvalue weighted by Gasteiger charge is -2.37. The molecule has 0 aromatic rings. The molecule has 2 saturated carbocycles. The van der Waals surface area contributed by atoms with Crippen molar-refractivity contribution in [1.29, 1.82) is 0 Å². The summed E-state index contributed by atoms with van der Waals surface area (Å²) >= 11 is 0. The summed E-state index contributed by atoms with van der Waals surface area (Å²) in [7, 11) is -1.63. The molecule has 2 aliphatic carbocycles. The minimum Gasteiger partial charge on any atom is -0.416 e. The second-order valence-electron chi connectivity index (χ2n) is 7.28. The van der Waals surface area contributed by atoms with Crippen LogP contribution in [0.4, 0.5) is 0 Å². The first-order valence-electron chi connectivity index (χ1n) is 6.51. The van der Waals surface area contributed by atoms with Gasteiger partial charge >= 0.3 is 0 Å². The van der Waals surface area contributed by atoms with Gasteiger partial charge in [-0.25, -0.2) is 0 Å². The summed E-state index contributed by atoms with van der Waals surface area (Å²) in [6.07, 6.45) is 3.30. The highest BCUT2D eigenvalue weighted by atomic mass is 28.4. The van der Waals surface area contributed by atoms with Gasteiger partial charge in [-0.05, 0) is 43.3 Å². The monoisotopic (exact) mass is 242 g/mol. The molecule has 16 heavy (non-hydrogen) atoms. The van der Waals surface area contributed by atoms with Gasteiger partial charge in [0.1, 0.15) is 0 Å². The van der Waals surface area contributed by atoms with E-state index in [9.17, 15) is 5.11 Å². The average molecular weight is 242 g/mol. The van der Waals surface area contributed by atoms with Crippen molar-refractivity contribution in [2.45, 2.75) is 64.3 Å². The maximum atomic E-state index is 10.0. The molecule has 0 spiro atoms. The predicted octanol–water partition coefficient (Wildman–Crippen LogP) is 3.17. The Kier molecular flexibility index (Phi) is 2.80. The summed E-state index contributed by atoms with van der Waals surface area (Å²) in [6.45, 7) is 12.2. The first-order chi connectivity index (χ1) is 7.19. The molecule has 2 aliphatic rings. The van der Waals surface area contributed by atoms with Crippen molar-refractivity contribution in [2.75, 3.05) is 6.61 Å². The quantitative estimate of drug-likeness (QED) is 0.770. The highest BCUT2D eigenvalue weighted by molar-refractivity contribution is 6.74. The highest BCUT2D eigenvalue weighted by Gasteiger charge is 2.63. The van der Waals surface area contributed by atoms with E-state index in [1.807, 2.05) is 0 Å². The van der Waals surface area contributed by atoms with Gasteiger partial charge in [-0.1, -0.05) is 20.8 Å². The average Bonchev–Trinajstić information content (AvgIpc) is 2.77. The van der Waals surface area contributed by atoms with Crippen molar-refractivity contribution < 1.29 is 9.53 Å². The fourth-order valence-electron chi connectivity index (χ4n) is 2.65. The fourth-order valence-corrected chi connectivity index (χ4v) is 3.71. The van der Waals surface area contributed by atoms with E-state index >= 15 is 0 Å². The van der Waals surface area contributed by atoms with Crippen LogP contribution in [0, 0.1) is 11.3 Å². The maximum Gasteiger partial charge on any atom is 0.192 e. The third-order valence-corrected chi connectivity index (χ3v) is 9.72. The summed E-state index contributed by atoms with van der Waals surface area (Å²) in [5, 5.41) is 10.3. The fraction of sp³-hybridized carbons (Fsp3) is 1.00. The Morgan fingerprint density at radius 1 is 1.31 bits per heavy atom. The summed E-state index contributed by atoms with van der Waals surface area (Å²) in [4.78, 5) is 0. The molecule has 3 heteroatoms. The Hall–Kier alpha value is 0.137. The molecule has 0 radical (unpaired) electrons. The molecule has 1 N–H and O–H groups in total. The Morgan fingerprint density at radius 2 is 1.94 bits per heavy atom. The van der Waals surface area contributed by atoms with Crippen LogP contribution >= 0.6 is 0 Å². The number of aliphatic hydroxyl groups excluding tert-OH is 1. The molecular weight excluding hydrogens is 216 g/mol. The van der Waals surface area contributed by atoms with Gasteiger partial charge in [-0.3, -0.25) is 0 Å². The van der Waals surface area contributed by atoms with E-state index in [1.54, 1.807) is 0 Å². The molecular formula is C13H26O2Si. The predicted molar refractivity (Wildman–Crippen MR) is 68.9 cm³/mol. The Balaban J connectivity index is 1.94. The SMILES string of the molecule is CC(C)(C)[Si](C)(C)OC[C@@]12C[C@@H]1CC[C@@H]2O. The zero-order chi connectivity index (χ0) is 12.2. The van der Waals surface area contributed by atoms with Crippen LogP contribution in [-0.2, 0) is 4.43 Å². The Labute approximate surface area is 101 Å². The Morgan fingerprint density at radius 3 is 2.31 bits per heavy atom. The van der Waals surface area contributed by atoms with Gasteiger partial charge in [0, 0.05) is 12.0 Å². The van der Waals surface area contributed by atoms with Crippen molar-refractivity contribution in [1.82, 2.24) is 0 Å². The molecule has 0 saturated heterocycles. The zero-order valence-electron chi connectivity index (χ0n) is 11.3. The van der Waals surface area contributed by atoms with E-state index in [-0.39, 0.29) is 16.6 Å². The smallest absolute Gasteiger partial charge is 0.192 e. The minimum atomic E-state index is -1.63. The topological polar surface area (TPSA) is 29.5 Å². The van der Waals surface area contributed by atoms with Gasteiger partial charge in [0.05, 0.1) is 6.10 Å². The molecule has 0 aromatic carbocycles. The van der Waals surface area contributed by atoms with Crippen molar-refractivity contribution in [3.05, 3.63) is 0 Å². The van der Waals surface area contributed by atoms with Crippen LogP contribution in [0.25, 0.3) is 0 Å². The molecule has 2 rings (SSSR count). The van der Waals surface area contributed by atoms with Crippen LogP contribution in [0.1, 0.15) is 40.0 Å². The van der Waals surface area contributed by atoms with Gasteiger partial charge in [0.2, 0.25) is 0 Å². The van der Waals surface area contributed by atoms with E-state index in [4.69, 9.17) is 4.43 Å². The van der Waals surface area contributed by atoms with E-state index in [0.29, 0.717) is 0 Å². The van der Waals surface area contributed by atoms with Crippen LogP contribution in [0.3, 0.4) is 0 Å². The third-order valence-electron chi connectivity index (χ3n) is 5.24. The number of hydrogen-bond donors (Lipinski definition) is 1. The molecule has 0 aromatic heterocycles. The molecule has 0 heterocycles. The van der Waals surface area contributed by atoms with Gasteiger partial charge in [-0.15, -0.1) is 0 Å². The van der Waals surface area contributed by atoms with Crippen LogP contribution in [0.15, 0.2) is 0 Å². The van der Waals surface area contributed by atoms with Gasteiger partial charge in [-0.2, -0.15) is 0 Å². The first kappa shape index (κ1) is 12.6. The summed E-state index contributed by atoms with van der Waals surface area (Å²) in [6, 6.07) is 0. The lowest BCUT2D eigenvalue weighted by atomic mass is 10.0. The van der Waals surface area contributed by atoms with E-state index in [1.165, 1.54) is 12.8 Å².